The summed E-state index contributed by atoms with van der Waals surface area (Å²) >= 11 is 0. The molecule has 0 saturated heterocycles. The molecule has 0 aromatic heterocycles. The maximum absolute atomic E-state index is 11.1. The second kappa shape index (κ2) is 6.88. The van der Waals surface area contributed by atoms with Crippen molar-refractivity contribution in [2.24, 2.45) is 0 Å². The van der Waals surface area contributed by atoms with E-state index < -0.39 is 0 Å². The van der Waals surface area contributed by atoms with Gasteiger partial charge in [0.05, 0.1) is 19.6 Å². The standard InChI is InChI=1S/C13H18O3/c1-3-11-7-5-6-8-12(11)16-10-9-13(14)15-4-2/h5-8H,3-4,9-10H2,1-2H3. The van der Waals surface area contributed by atoms with Gasteiger partial charge in [0, 0.05) is 0 Å². The first-order valence-corrected chi connectivity index (χ1v) is 5.64. The number of para-hydroxylation sites is 1. The second-order valence-electron chi connectivity index (χ2n) is 3.36. The SMILES string of the molecule is CCOC(=O)CCOc1ccccc1CC. The minimum Gasteiger partial charge on any atom is -0.493 e. The predicted molar refractivity (Wildman–Crippen MR) is 62.6 cm³/mol. The van der Waals surface area contributed by atoms with Crippen LogP contribution in [0, 0.1) is 0 Å². The average molecular weight is 222 g/mol. The summed E-state index contributed by atoms with van der Waals surface area (Å²) in [7, 11) is 0. The maximum Gasteiger partial charge on any atom is 0.309 e. The summed E-state index contributed by atoms with van der Waals surface area (Å²) in [5, 5.41) is 0. The van der Waals surface area contributed by atoms with Crippen molar-refractivity contribution in [3.05, 3.63) is 29.8 Å². The van der Waals surface area contributed by atoms with Crippen LogP contribution >= 0.6 is 0 Å². The molecular weight excluding hydrogens is 204 g/mol. The van der Waals surface area contributed by atoms with E-state index in [0.29, 0.717) is 19.6 Å². The van der Waals surface area contributed by atoms with Gasteiger partial charge in [-0.3, -0.25) is 4.79 Å². The molecule has 0 saturated carbocycles. The Morgan fingerprint density at radius 1 is 1.25 bits per heavy atom. The first-order valence-electron chi connectivity index (χ1n) is 5.64. The van der Waals surface area contributed by atoms with Crippen LogP contribution in [0.15, 0.2) is 24.3 Å². The van der Waals surface area contributed by atoms with Crippen LogP contribution in [0.4, 0.5) is 0 Å². The van der Waals surface area contributed by atoms with Crippen LogP contribution in [0.25, 0.3) is 0 Å². The molecule has 16 heavy (non-hydrogen) atoms. The van der Waals surface area contributed by atoms with E-state index in [-0.39, 0.29) is 5.97 Å². The molecule has 0 aliphatic rings. The summed E-state index contributed by atoms with van der Waals surface area (Å²) in [5.41, 5.74) is 1.16. The molecule has 3 nitrogen and oxygen atoms in total. The number of carbonyl (C=O) groups is 1. The molecule has 0 heterocycles. The van der Waals surface area contributed by atoms with Crippen molar-refractivity contribution in [2.75, 3.05) is 13.2 Å². The fraction of sp³-hybridized carbons (Fsp3) is 0.462. The van der Waals surface area contributed by atoms with Crippen molar-refractivity contribution in [1.82, 2.24) is 0 Å². The van der Waals surface area contributed by atoms with E-state index in [9.17, 15) is 4.79 Å². The molecule has 1 rings (SSSR count). The van der Waals surface area contributed by atoms with Crippen LogP contribution in [0.2, 0.25) is 0 Å². The highest BCUT2D eigenvalue weighted by Gasteiger charge is 2.04. The third-order valence-corrected chi connectivity index (χ3v) is 2.22. The van der Waals surface area contributed by atoms with Crippen LogP contribution in [0.3, 0.4) is 0 Å². The minimum absolute atomic E-state index is 0.212. The predicted octanol–water partition coefficient (Wildman–Crippen LogP) is 2.58. The first kappa shape index (κ1) is 12.6. The molecule has 0 amide bonds. The van der Waals surface area contributed by atoms with E-state index in [1.807, 2.05) is 24.3 Å². The number of carbonyl (C=O) groups excluding carboxylic acids is 1. The van der Waals surface area contributed by atoms with Gasteiger partial charge in [-0.15, -0.1) is 0 Å². The molecule has 0 atom stereocenters. The van der Waals surface area contributed by atoms with Crippen LogP contribution in [0.5, 0.6) is 5.75 Å². The monoisotopic (exact) mass is 222 g/mol. The molecule has 0 fully saturated rings. The molecule has 88 valence electrons. The van der Waals surface area contributed by atoms with Gasteiger partial charge >= 0.3 is 5.97 Å². The Morgan fingerprint density at radius 3 is 2.69 bits per heavy atom. The summed E-state index contributed by atoms with van der Waals surface area (Å²) in [6.07, 6.45) is 1.22. The number of hydrogen-bond acceptors (Lipinski definition) is 3. The van der Waals surface area contributed by atoms with E-state index in [0.717, 1.165) is 17.7 Å². The zero-order chi connectivity index (χ0) is 11.8. The van der Waals surface area contributed by atoms with Crippen LogP contribution in [0.1, 0.15) is 25.8 Å². The molecule has 0 spiro atoms. The molecule has 0 unspecified atom stereocenters. The van der Waals surface area contributed by atoms with Crippen molar-refractivity contribution in [2.45, 2.75) is 26.7 Å². The topological polar surface area (TPSA) is 35.5 Å². The molecule has 1 aromatic rings. The van der Waals surface area contributed by atoms with E-state index in [4.69, 9.17) is 9.47 Å². The van der Waals surface area contributed by atoms with Gasteiger partial charge < -0.3 is 9.47 Å². The summed E-state index contributed by atoms with van der Waals surface area (Å²) in [6, 6.07) is 7.86. The number of ether oxygens (including phenoxy) is 2. The van der Waals surface area contributed by atoms with Gasteiger partial charge in [-0.1, -0.05) is 25.1 Å². The lowest BCUT2D eigenvalue weighted by Crippen LogP contribution is -2.10. The van der Waals surface area contributed by atoms with Gasteiger partial charge in [-0.25, -0.2) is 0 Å². The fourth-order valence-corrected chi connectivity index (χ4v) is 1.41. The van der Waals surface area contributed by atoms with Gasteiger partial charge in [-0.05, 0) is 25.0 Å². The number of aryl methyl sites for hydroxylation is 1. The number of esters is 1. The Morgan fingerprint density at radius 2 is 2.00 bits per heavy atom. The lowest BCUT2D eigenvalue weighted by molar-refractivity contribution is -0.143. The zero-order valence-corrected chi connectivity index (χ0v) is 9.86. The van der Waals surface area contributed by atoms with Gasteiger partial charge in [-0.2, -0.15) is 0 Å². The van der Waals surface area contributed by atoms with Crippen molar-refractivity contribution in [3.8, 4) is 5.75 Å². The molecule has 1 aromatic carbocycles. The first-order chi connectivity index (χ1) is 7.77. The van der Waals surface area contributed by atoms with Gasteiger partial charge in [0.1, 0.15) is 5.75 Å². The van der Waals surface area contributed by atoms with Gasteiger partial charge in [0.25, 0.3) is 0 Å². The lowest BCUT2D eigenvalue weighted by atomic mass is 10.1. The summed E-state index contributed by atoms with van der Waals surface area (Å²) < 4.78 is 10.4. The molecule has 3 heteroatoms. The van der Waals surface area contributed by atoms with Gasteiger partial charge in [0.2, 0.25) is 0 Å². The lowest BCUT2D eigenvalue weighted by Gasteiger charge is -2.09. The van der Waals surface area contributed by atoms with E-state index in [2.05, 4.69) is 6.92 Å². The highest BCUT2D eigenvalue weighted by atomic mass is 16.5. The highest BCUT2D eigenvalue weighted by molar-refractivity contribution is 5.69. The number of rotatable bonds is 6. The Labute approximate surface area is 96.4 Å². The summed E-state index contributed by atoms with van der Waals surface area (Å²) in [5.74, 6) is 0.644. The van der Waals surface area contributed by atoms with E-state index >= 15 is 0 Å². The van der Waals surface area contributed by atoms with Crippen molar-refractivity contribution in [1.29, 1.82) is 0 Å². The average Bonchev–Trinajstić information content (AvgIpc) is 2.30. The van der Waals surface area contributed by atoms with Gasteiger partial charge in [0.15, 0.2) is 0 Å². The van der Waals surface area contributed by atoms with E-state index in [1.54, 1.807) is 6.92 Å². The molecule has 0 bridgehead atoms. The second-order valence-corrected chi connectivity index (χ2v) is 3.36. The van der Waals surface area contributed by atoms with Crippen LogP contribution in [-0.2, 0) is 16.0 Å². The molecule has 0 N–H and O–H groups in total. The Balaban J connectivity index is 2.39. The van der Waals surface area contributed by atoms with Crippen molar-refractivity contribution in [3.63, 3.8) is 0 Å². The largest absolute Gasteiger partial charge is 0.493 e. The number of benzene rings is 1. The summed E-state index contributed by atoms with van der Waals surface area (Å²) in [4.78, 5) is 11.1. The van der Waals surface area contributed by atoms with E-state index in [1.165, 1.54) is 0 Å². The molecule has 0 aliphatic heterocycles. The molecular formula is C13H18O3. The quantitative estimate of drug-likeness (QED) is 0.694. The van der Waals surface area contributed by atoms with Crippen LogP contribution in [-0.4, -0.2) is 19.2 Å². The van der Waals surface area contributed by atoms with Crippen molar-refractivity contribution < 1.29 is 14.3 Å². The smallest absolute Gasteiger partial charge is 0.309 e. The normalized spacial score (nSPS) is 9.88. The third kappa shape index (κ3) is 3.93. The summed E-state index contributed by atoms with van der Waals surface area (Å²) in [6.45, 7) is 4.67. The Kier molecular flexibility index (Phi) is 5.40. The Hall–Kier alpha value is -1.51. The maximum atomic E-state index is 11.1. The van der Waals surface area contributed by atoms with Crippen LogP contribution < -0.4 is 4.74 Å². The molecule has 0 aliphatic carbocycles. The van der Waals surface area contributed by atoms with Crippen molar-refractivity contribution >= 4 is 5.97 Å². The third-order valence-electron chi connectivity index (χ3n) is 2.22. The minimum atomic E-state index is -0.212. The number of hydrogen-bond donors (Lipinski definition) is 0. The zero-order valence-electron chi connectivity index (χ0n) is 9.86. The fourth-order valence-electron chi connectivity index (χ4n) is 1.41. The molecule has 0 radical (unpaired) electrons. The Bertz CT molecular complexity index is 334. The highest BCUT2D eigenvalue weighted by Crippen LogP contribution is 2.18.